The summed E-state index contributed by atoms with van der Waals surface area (Å²) < 4.78 is 0. The molecule has 3 heteroatoms. The summed E-state index contributed by atoms with van der Waals surface area (Å²) in [5.74, 6) is 0.357. The Morgan fingerprint density at radius 2 is 1.87 bits per heavy atom. The van der Waals surface area contributed by atoms with Crippen LogP contribution >= 0.6 is 0 Å². The van der Waals surface area contributed by atoms with Gasteiger partial charge < -0.3 is 10.2 Å². The van der Waals surface area contributed by atoms with Crippen LogP contribution in [0.25, 0.3) is 0 Å². The van der Waals surface area contributed by atoms with Crippen molar-refractivity contribution >= 4 is 5.97 Å². The standard InChI is InChI=1S/C20H30O3/c1-17-8-4-9-18(2,16(21)22)14(17)7-10-20-11-13(5-6-15(17)20)19(3,23)12-20/h5-6,13-15,23H,4,7-12H2,1-3H3,(H,21,22)/t13-,14+,15+,17-,18-,19-,20+/m1/s1. The fraction of sp³-hybridized carbons (Fsp3) is 0.850. The van der Waals surface area contributed by atoms with Crippen molar-refractivity contribution in [1.82, 2.24) is 0 Å². The van der Waals surface area contributed by atoms with Crippen LogP contribution in [0.2, 0.25) is 0 Å². The van der Waals surface area contributed by atoms with Crippen LogP contribution in [0.1, 0.15) is 65.7 Å². The molecule has 0 unspecified atom stereocenters. The van der Waals surface area contributed by atoms with Crippen molar-refractivity contribution in [3.05, 3.63) is 12.2 Å². The van der Waals surface area contributed by atoms with Gasteiger partial charge in [0, 0.05) is 5.92 Å². The first-order chi connectivity index (χ1) is 10.6. The number of rotatable bonds is 1. The molecule has 4 rings (SSSR count). The molecule has 2 N–H and O–H groups in total. The maximum absolute atomic E-state index is 12.0. The summed E-state index contributed by atoms with van der Waals surface area (Å²) in [6.45, 7) is 6.33. The van der Waals surface area contributed by atoms with E-state index in [-0.39, 0.29) is 22.7 Å². The van der Waals surface area contributed by atoms with E-state index in [2.05, 4.69) is 19.1 Å². The van der Waals surface area contributed by atoms with E-state index in [4.69, 9.17) is 0 Å². The Hall–Kier alpha value is -0.830. The van der Waals surface area contributed by atoms with E-state index in [9.17, 15) is 15.0 Å². The number of carboxylic acid groups (broad SMARTS) is 1. The average molecular weight is 318 g/mol. The Labute approximate surface area is 139 Å². The molecular weight excluding hydrogens is 288 g/mol. The second-order valence-electron chi connectivity index (χ2n) is 9.74. The van der Waals surface area contributed by atoms with Crippen molar-refractivity contribution in [2.75, 3.05) is 0 Å². The number of aliphatic hydroxyl groups is 1. The molecule has 4 aliphatic carbocycles. The first-order valence-corrected chi connectivity index (χ1v) is 9.28. The summed E-state index contributed by atoms with van der Waals surface area (Å²) in [6, 6.07) is 0. The molecule has 0 radical (unpaired) electrons. The van der Waals surface area contributed by atoms with Crippen molar-refractivity contribution in [2.45, 2.75) is 71.3 Å². The molecule has 3 saturated carbocycles. The summed E-state index contributed by atoms with van der Waals surface area (Å²) in [5, 5.41) is 20.7. The van der Waals surface area contributed by atoms with Gasteiger partial charge in [-0.15, -0.1) is 0 Å². The van der Waals surface area contributed by atoms with Gasteiger partial charge in [-0.3, -0.25) is 4.79 Å². The molecule has 1 spiro atoms. The molecule has 128 valence electrons. The van der Waals surface area contributed by atoms with E-state index in [0.29, 0.717) is 5.92 Å². The van der Waals surface area contributed by atoms with Crippen LogP contribution in [0, 0.1) is 34.0 Å². The summed E-state index contributed by atoms with van der Waals surface area (Å²) in [7, 11) is 0. The van der Waals surface area contributed by atoms with Gasteiger partial charge in [-0.2, -0.15) is 0 Å². The van der Waals surface area contributed by atoms with Crippen LogP contribution in [0.3, 0.4) is 0 Å². The average Bonchev–Trinajstić information content (AvgIpc) is 2.63. The lowest BCUT2D eigenvalue weighted by molar-refractivity contribution is -0.173. The third-order valence-electron chi connectivity index (χ3n) is 8.44. The normalized spacial score (nSPS) is 57.7. The Bertz CT molecular complexity index is 579. The van der Waals surface area contributed by atoms with Gasteiger partial charge in [0.1, 0.15) is 0 Å². The van der Waals surface area contributed by atoms with Crippen LogP contribution < -0.4 is 0 Å². The van der Waals surface area contributed by atoms with E-state index in [1.165, 1.54) is 0 Å². The van der Waals surface area contributed by atoms with Gasteiger partial charge >= 0.3 is 5.97 Å². The minimum Gasteiger partial charge on any atom is -0.481 e. The minimum absolute atomic E-state index is 0.0610. The molecule has 0 amide bonds. The van der Waals surface area contributed by atoms with Crippen LogP contribution in [0.5, 0.6) is 0 Å². The molecule has 0 aromatic carbocycles. The molecule has 3 fully saturated rings. The molecule has 3 nitrogen and oxygen atoms in total. The Balaban J connectivity index is 1.77. The zero-order valence-corrected chi connectivity index (χ0v) is 14.6. The van der Waals surface area contributed by atoms with Gasteiger partial charge in [0.15, 0.2) is 0 Å². The second-order valence-corrected chi connectivity index (χ2v) is 9.74. The highest BCUT2D eigenvalue weighted by Crippen LogP contribution is 2.71. The molecule has 0 aliphatic heterocycles. The SMILES string of the molecule is C[C@@]12CCC[C@@](C)(C(=O)O)[C@H]1CC[C@@]13C[C@@H](C=C[C@H]12)[C@](C)(O)C3. The van der Waals surface area contributed by atoms with Gasteiger partial charge in [-0.1, -0.05) is 25.5 Å². The van der Waals surface area contributed by atoms with Crippen LogP contribution in [0.15, 0.2) is 12.2 Å². The van der Waals surface area contributed by atoms with Crippen molar-refractivity contribution in [3.63, 3.8) is 0 Å². The van der Waals surface area contributed by atoms with E-state index in [0.717, 1.165) is 44.9 Å². The maximum atomic E-state index is 12.0. The number of hydrogen-bond donors (Lipinski definition) is 2. The molecule has 2 bridgehead atoms. The Morgan fingerprint density at radius 3 is 2.57 bits per heavy atom. The molecule has 0 saturated heterocycles. The number of allylic oxidation sites excluding steroid dienone is 1. The number of aliphatic carboxylic acids is 1. The van der Waals surface area contributed by atoms with Crippen LogP contribution in [-0.2, 0) is 4.79 Å². The lowest BCUT2D eigenvalue weighted by Crippen LogP contribution is -2.57. The highest BCUT2D eigenvalue weighted by atomic mass is 16.4. The third-order valence-corrected chi connectivity index (χ3v) is 8.44. The lowest BCUT2D eigenvalue weighted by Gasteiger charge is -2.62. The molecule has 0 aromatic heterocycles. The molecule has 0 aromatic rings. The van der Waals surface area contributed by atoms with Crippen molar-refractivity contribution in [1.29, 1.82) is 0 Å². The summed E-state index contributed by atoms with van der Waals surface area (Å²) in [6.07, 6.45) is 11.6. The van der Waals surface area contributed by atoms with Gasteiger partial charge in [-0.25, -0.2) is 0 Å². The fourth-order valence-electron chi connectivity index (χ4n) is 7.42. The van der Waals surface area contributed by atoms with Gasteiger partial charge in [0.25, 0.3) is 0 Å². The van der Waals surface area contributed by atoms with Gasteiger partial charge in [0.2, 0.25) is 0 Å². The largest absolute Gasteiger partial charge is 0.481 e. The number of carboxylic acids is 1. The molecule has 0 heterocycles. The predicted molar refractivity (Wildman–Crippen MR) is 88.8 cm³/mol. The fourth-order valence-corrected chi connectivity index (χ4v) is 7.42. The second kappa shape index (κ2) is 4.41. The van der Waals surface area contributed by atoms with E-state index in [1.807, 2.05) is 13.8 Å². The van der Waals surface area contributed by atoms with Gasteiger partial charge in [-0.05, 0) is 75.0 Å². The summed E-state index contributed by atoms with van der Waals surface area (Å²) >= 11 is 0. The Kier molecular flexibility index (Phi) is 3.01. The first kappa shape index (κ1) is 15.7. The predicted octanol–water partition coefficient (Wildman–Crippen LogP) is 4.01. The quantitative estimate of drug-likeness (QED) is 0.718. The topological polar surface area (TPSA) is 57.5 Å². The van der Waals surface area contributed by atoms with Crippen molar-refractivity contribution < 1.29 is 15.0 Å². The van der Waals surface area contributed by atoms with Crippen LogP contribution in [0.4, 0.5) is 0 Å². The highest BCUT2D eigenvalue weighted by Gasteiger charge is 2.66. The molecule has 7 atom stereocenters. The zero-order chi connectivity index (χ0) is 16.7. The summed E-state index contributed by atoms with van der Waals surface area (Å²) in [5.41, 5.74) is -0.907. The van der Waals surface area contributed by atoms with Gasteiger partial charge in [0.05, 0.1) is 11.0 Å². The highest BCUT2D eigenvalue weighted by molar-refractivity contribution is 5.75. The number of hydrogen-bond acceptors (Lipinski definition) is 2. The minimum atomic E-state index is -0.611. The molecule has 23 heavy (non-hydrogen) atoms. The zero-order valence-electron chi connectivity index (χ0n) is 14.6. The van der Waals surface area contributed by atoms with E-state index < -0.39 is 17.0 Å². The third kappa shape index (κ3) is 1.83. The number of carbonyl (C=O) groups is 1. The summed E-state index contributed by atoms with van der Waals surface area (Å²) in [4.78, 5) is 12.0. The van der Waals surface area contributed by atoms with E-state index >= 15 is 0 Å². The van der Waals surface area contributed by atoms with Crippen molar-refractivity contribution in [3.8, 4) is 0 Å². The number of fused-ring (bicyclic) bond motifs is 3. The molecule has 4 aliphatic rings. The molecular formula is C20H30O3. The first-order valence-electron chi connectivity index (χ1n) is 9.28. The van der Waals surface area contributed by atoms with Crippen LogP contribution in [-0.4, -0.2) is 21.8 Å². The smallest absolute Gasteiger partial charge is 0.309 e. The van der Waals surface area contributed by atoms with E-state index in [1.54, 1.807) is 0 Å². The Morgan fingerprint density at radius 1 is 1.13 bits per heavy atom. The monoisotopic (exact) mass is 318 g/mol. The lowest BCUT2D eigenvalue weighted by atomic mass is 9.42. The van der Waals surface area contributed by atoms with Crippen molar-refractivity contribution in [2.24, 2.45) is 34.0 Å². The maximum Gasteiger partial charge on any atom is 0.309 e.